The van der Waals surface area contributed by atoms with Gasteiger partial charge in [-0.05, 0) is 38.3 Å². The second-order valence-electron chi connectivity index (χ2n) is 5.04. The molecule has 1 fully saturated rings. The molecule has 0 bridgehead atoms. The lowest BCUT2D eigenvalue weighted by molar-refractivity contribution is -0.385. The third-order valence-corrected chi connectivity index (χ3v) is 3.42. The van der Waals surface area contributed by atoms with Crippen LogP contribution in [-0.4, -0.2) is 16.8 Å². The number of nitro benzene ring substituents is 1. The summed E-state index contributed by atoms with van der Waals surface area (Å²) in [5.41, 5.74) is 1.41. The van der Waals surface area contributed by atoms with Crippen molar-refractivity contribution in [2.24, 2.45) is 0 Å². The van der Waals surface area contributed by atoms with Crippen LogP contribution in [-0.2, 0) is 4.79 Å². The van der Waals surface area contributed by atoms with E-state index in [4.69, 9.17) is 4.74 Å². The second-order valence-corrected chi connectivity index (χ2v) is 5.04. The first-order valence-corrected chi connectivity index (χ1v) is 6.41. The van der Waals surface area contributed by atoms with Crippen molar-refractivity contribution in [3.63, 3.8) is 0 Å². The van der Waals surface area contributed by atoms with Crippen molar-refractivity contribution in [2.45, 2.75) is 45.6 Å². The van der Waals surface area contributed by atoms with Crippen LogP contribution in [0.15, 0.2) is 12.1 Å². The molecule has 0 saturated heterocycles. The largest absolute Gasteiger partial charge is 0.490 e. The first-order chi connectivity index (χ1) is 8.97. The van der Waals surface area contributed by atoms with E-state index < -0.39 is 4.92 Å². The number of hydrogen-bond donors (Lipinski definition) is 0. The SMILES string of the molecule is Cc1cc([N+](=O)[O-])c(C)cc1OC1CCCC(=O)C1. The number of benzene rings is 1. The molecule has 0 aliphatic heterocycles. The van der Waals surface area contributed by atoms with E-state index >= 15 is 0 Å². The van der Waals surface area contributed by atoms with Gasteiger partial charge in [0.2, 0.25) is 0 Å². The summed E-state index contributed by atoms with van der Waals surface area (Å²) in [4.78, 5) is 21.8. The lowest BCUT2D eigenvalue weighted by atomic mass is 9.96. The Balaban J connectivity index is 2.19. The van der Waals surface area contributed by atoms with Crippen molar-refractivity contribution in [2.75, 3.05) is 0 Å². The lowest BCUT2D eigenvalue weighted by Crippen LogP contribution is -2.25. The summed E-state index contributed by atoms with van der Waals surface area (Å²) in [6, 6.07) is 3.21. The van der Waals surface area contributed by atoms with Gasteiger partial charge < -0.3 is 4.74 Å². The number of carbonyl (C=O) groups is 1. The molecule has 102 valence electrons. The number of carbonyl (C=O) groups excluding carboxylic acids is 1. The number of aryl methyl sites for hydroxylation is 2. The number of rotatable bonds is 3. The molecule has 2 rings (SSSR count). The van der Waals surface area contributed by atoms with Gasteiger partial charge >= 0.3 is 0 Å². The van der Waals surface area contributed by atoms with Gasteiger partial charge in [-0.2, -0.15) is 0 Å². The minimum absolute atomic E-state index is 0.0965. The molecule has 1 aliphatic rings. The highest BCUT2D eigenvalue weighted by Gasteiger charge is 2.22. The van der Waals surface area contributed by atoms with Crippen molar-refractivity contribution >= 4 is 11.5 Å². The molecule has 1 aromatic carbocycles. The first-order valence-electron chi connectivity index (χ1n) is 6.41. The Labute approximate surface area is 111 Å². The highest BCUT2D eigenvalue weighted by Crippen LogP contribution is 2.30. The van der Waals surface area contributed by atoms with Crippen molar-refractivity contribution in [1.82, 2.24) is 0 Å². The molecular weight excluding hydrogens is 246 g/mol. The Morgan fingerprint density at radius 2 is 2.05 bits per heavy atom. The van der Waals surface area contributed by atoms with Crippen LogP contribution in [0, 0.1) is 24.0 Å². The molecule has 0 heterocycles. The van der Waals surface area contributed by atoms with E-state index in [2.05, 4.69) is 0 Å². The number of nitro groups is 1. The number of nitrogens with zero attached hydrogens (tertiary/aromatic N) is 1. The van der Waals surface area contributed by atoms with Crippen molar-refractivity contribution in [3.05, 3.63) is 33.4 Å². The maximum absolute atomic E-state index is 11.4. The van der Waals surface area contributed by atoms with E-state index in [0.717, 1.165) is 18.4 Å². The van der Waals surface area contributed by atoms with Crippen LogP contribution in [0.1, 0.15) is 36.8 Å². The molecular formula is C14H17NO4. The van der Waals surface area contributed by atoms with Crippen LogP contribution < -0.4 is 4.74 Å². The molecule has 0 aromatic heterocycles. The van der Waals surface area contributed by atoms with Crippen LogP contribution in [0.4, 0.5) is 5.69 Å². The van der Waals surface area contributed by atoms with E-state index in [0.29, 0.717) is 24.2 Å². The maximum atomic E-state index is 11.4. The molecule has 0 amide bonds. The maximum Gasteiger partial charge on any atom is 0.272 e. The summed E-state index contributed by atoms with van der Waals surface area (Å²) in [6.45, 7) is 3.48. The van der Waals surface area contributed by atoms with Gasteiger partial charge in [0.1, 0.15) is 17.6 Å². The van der Waals surface area contributed by atoms with Gasteiger partial charge in [0, 0.05) is 24.5 Å². The zero-order valence-corrected chi connectivity index (χ0v) is 11.1. The fourth-order valence-corrected chi connectivity index (χ4v) is 2.36. The Kier molecular flexibility index (Phi) is 3.83. The van der Waals surface area contributed by atoms with Gasteiger partial charge in [-0.25, -0.2) is 0 Å². The standard InChI is InChI=1S/C14H17NO4/c1-9-7-14(10(2)6-13(9)15(17)18)19-12-5-3-4-11(16)8-12/h6-7,12H,3-5,8H2,1-2H3. The molecule has 5 nitrogen and oxygen atoms in total. The summed E-state index contributed by atoms with van der Waals surface area (Å²) in [6.07, 6.45) is 2.70. The predicted octanol–water partition coefficient (Wildman–Crippen LogP) is 3.10. The zero-order chi connectivity index (χ0) is 14.0. The fraction of sp³-hybridized carbons (Fsp3) is 0.500. The lowest BCUT2D eigenvalue weighted by Gasteiger charge is -2.23. The van der Waals surface area contributed by atoms with Crippen LogP contribution in [0.3, 0.4) is 0 Å². The third kappa shape index (κ3) is 3.10. The van der Waals surface area contributed by atoms with Crippen LogP contribution in [0.25, 0.3) is 0 Å². The van der Waals surface area contributed by atoms with Crippen molar-refractivity contribution in [3.8, 4) is 5.75 Å². The molecule has 1 saturated carbocycles. The molecule has 5 heteroatoms. The van der Waals surface area contributed by atoms with Gasteiger partial charge in [-0.15, -0.1) is 0 Å². The smallest absolute Gasteiger partial charge is 0.272 e. The van der Waals surface area contributed by atoms with E-state index in [1.807, 2.05) is 0 Å². The molecule has 0 spiro atoms. The Hall–Kier alpha value is -1.91. The number of ether oxygens (including phenoxy) is 1. The quantitative estimate of drug-likeness (QED) is 0.620. The van der Waals surface area contributed by atoms with Gasteiger partial charge in [0.15, 0.2) is 0 Å². The van der Waals surface area contributed by atoms with E-state index in [1.165, 1.54) is 6.07 Å². The van der Waals surface area contributed by atoms with Gasteiger partial charge in [0.25, 0.3) is 5.69 Å². The average molecular weight is 263 g/mol. The van der Waals surface area contributed by atoms with Crippen molar-refractivity contribution in [1.29, 1.82) is 0 Å². The third-order valence-electron chi connectivity index (χ3n) is 3.42. The molecule has 1 aromatic rings. The predicted molar refractivity (Wildman–Crippen MR) is 70.5 cm³/mol. The summed E-state index contributed by atoms with van der Waals surface area (Å²) in [5.74, 6) is 0.871. The highest BCUT2D eigenvalue weighted by molar-refractivity contribution is 5.79. The van der Waals surface area contributed by atoms with Gasteiger partial charge in [0.05, 0.1) is 4.92 Å². The van der Waals surface area contributed by atoms with Crippen LogP contribution in [0.5, 0.6) is 5.75 Å². The molecule has 0 radical (unpaired) electrons. The zero-order valence-electron chi connectivity index (χ0n) is 11.1. The first kappa shape index (κ1) is 13.5. The molecule has 0 N–H and O–H groups in total. The number of ketones is 1. The summed E-state index contributed by atoms with van der Waals surface area (Å²) < 4.78 is 5.83. The van der Waals surface area contributed by atoms with Crippen molar-refractivity contribution < 1.29 is 14.5 Å². The normalized spacial score (nSPS) is 19.3. The van der Waals surface area contributed by atoms with E-state index in [-0.39, 0.29) is 17.6 Å². The monoisotopic (exact) mass is 263 g/mol. The fourth-order valence-electron chi connectivity index (χ4n) is 2.36. The van der Waals surface area contributed by atoms with E-state index in [9.17, 15) is 14.9 Å². The summed E-state index contributed by atoms with van der Waals surface area (Å²) in [5, 5.41) is 10.8. The molecule has 1 unspecified atom stereocenters. The Morgan fingerprint density at radius 3 is 2.68 bits per heavy atom. The number of Topliss-reactive ketones (excluding diaryl/α,β-unsaturated/α-hetero) is 1. The average Bonchev–Trinajstić information content (AvgIpc) is 2.33. The van der Waals surface area contributed by atoms with Crippen LogP contribution in [0.2, 0.25) is 0 Å². The van der Waals surface area contributed by atoms with Gasteiger partial charge in [-0.3, -0.25) is 14.9 Å². The van der Waals surface area contributed by atoms with E-state index in [1.54, 1.807) is 19.9 Å². The second kappa shape index (κ2) is 5.38. The Morgan fingerprint density at radius 1 is 1.32 bits per heavy atom. The Bertz CT molecular complexity index is 524. The van der Waals surface area contributed by atoms with Crippen LogP contribution >= 0.6 is 0 Å². The highest BCUT2D eigenvalue weighted by atomic mass is 16.6. The molecule has 1 aliphatic carbocycles. The topological polar surface area (TPSA) is 69.4 Å². The molecule has 1 atom stereocenters. The number of hydrogen-bond acceptors (Lipinski definition) is 4. The minimum Gasteiger partial charge on any atom is -0.490 e. The minimum atomic E-state index is -0.393. The summed E-state index contributed by atoms with van der Waals surface area (Å²) in [7, 11) is 0. The molecule has 19 heavy (non-hydrogen) atoms. The summed E-state index contributed by atoms with van der Waals surface area (Å²) >= 11 is 0. The van der Waals surface area contributed by atoms with Gasteiger partial charge in [-0.1, -0.05) is 0 Å².